The van der Waals surface area contributed by atoms with E-state index in [0.717, 1.165) is 6.41 Å². The average molecular weight is 142 g/mol. The molecule has 0 N–H and O–H groups in total. The fraction of sp³-hybridized carbons (Fsp3) is 0.200. The first-order valence-electron chi connectivity index (χ1n) is 2.43. The summed E-state index contributed by atoms with van der Waals surface area (Å²) in [5.41, 5.74) is 0. The van der Waals surface area contributed by atoms with Gasteiger partial charge in [0.1, 0.15) is 5.82 Å². The molecule has 48 valence electrons. The first kappa shape index (κ1) is 6.22. The summed E-state index contributed by atoms with van der Waals surface area (Å²) in [4.78, 5) is 11.5. The van der Waals surface area contributed by atoms with E-state index < -0.39 is 0 Å². The van der Waals surface area contributed by atoms with Crippen molar-refractivity contribution in [1.82, 2.24) is 4.37 Å². The van der Waals surface area contributed by atoms with Gasteiger partial charge in [0.2, 0.25) is 6.41 Å². The molecule has 3 nitrogen and oxygen atoms in total. The van der Waals surface area contributed by atoms with Crippen molar-refractivity contribution >= 4 is 23.8 Å². The third kappa shape index (κ3) is 1.26. The minimum absolute atomic E-state index is 0.704. The molecule has 0 aliphatic carbocycles. The number of rotatable bonds is 2. The molecule has 9 heavy (non-hydrogen) atoms. The summed E-state index contributed by atoms with van der Waals surface area (Å²) in [6, 6.07) is 1.79. The van der Waals surface area contributed by atoms with E-state index in [9.17, 15) is 4.79 Å². The highest BCUT2D eigenvalue weighted by molar-refractivity contribution is 7.03. The number of amides is 1. The van der Waals surface area contributed by atoms with Crippen LogP contribution in [0.15, 0.2) is 11.4 Å². The Labute approximate surface area is 57.1 Å². The number of nitrogens with zero attached hydrogens (tertiary/aromatic N) is 2. The smallest absolute Gasteiger partial charge is 0.215 e. The molecule has 1 amide bonds. The Morgan fingerprint density at radius 1 is 1.89 bits per heavy atom. The van der Waals surface area contributed by atoms with Crippen LogP contribution in [-0.4, -0.2) is 17.8 Å². The standard InChI is InChI=1S/C5H6N2OS/c1-7(4-8)5-2-3-9-6-5/h2-4H,1H3. The zero-order valence-electron chi connectivity index (χ0n) is 4.94. The van der Waals surface area contributed by atoms with Gasteiger partial charge in [0.15, 0.2) is 0 Å². The average Bonchev–Trinajstić information content (AvgIpc) is 2.37. The summed E-state index contributed by atoms with van der Waals surface area (Å²) >= 11 is 1.33. The van der Waals surface area contributed by atoms with Crippen molar-refractivity contribution < 1.29 is 4.79 Å². The van der Waals surface area contributed by atoms with Crippen molar-refractivity contribution in [2.45, 2.75) is 0 Å². The maximum Gasteiger partial charge on any atom is 0.215 e. The highest BCUT2D eigenvalue weighted by Gasteiger charge is 1.97. The summed E-state index contributed by atoms with van der Waals surface area (Å²) < 4.78 is 3.92. The fourth-order valence-electron chi connectivity index (χ4n) is 0.442. The molecule has 1 aromatic heterocycles. The first-order valence-corrected chi connectivity index (χ1v) is 3.27. The van der Waals surface area contributed by atoms with Crippen molar-refractivity contribution in [1.29, 1.82) is 0 Å². The van der Waals surface area contributed by atoms with Crippen LogP contribution in [0.5, 0.6) is 0 Å². The van der Waals surface area contributed by atoms with Crippen LogP contribution < -0.4 is 4.90 Å². The fourth-order valence-corrected chi connectivity index (χ4v) is 0.983. The molecule has 0 aliphatic heterocycles. The third-order valence-corrected chi connectivity index (χ3v) is 1.49. The van der Waals surface area contributed by atoms with Crippen molar-refractivity contribution in [3.05, 3.63) is 11.4 Å². The SMILES string of the molecule is CN(C=O)c1ccsn1. The zero-order valence-corrected chi connectivity index (χ0v) is 5.76. The quantitative estimate of drug-likeness (QED) is 0.570. The monoisotopic (exact) mass is 142 g/mol. The minimum Gasteiger partial charge on any atom is -0.302 e. The molecule has 0 saturated heterocycles. The molecule has 0 unspecified atom stereocenters. The second-order valence-electron chi connectivity index (χ2n) is 1.57. The number of carbonyl (C=O) groups is 1. The van der Waals surface area contributed by atoms with Crippen molar-refractivity contribution in [3.8, 4) is 0 Å². The van der Waals surface area contributed by atoms with Gasteiger partial charge in [0.25, 0.3) is 0 Å². The molecule has 0 radical (unpaired) electrons. The number of hydrogen-bond acceptors (Lipinski definition) is 3. The van der Waals surface area contributed by atoms with E-state index >= 15 is 0 Å². The molecule has 1 aromatic rings. The van der Waals surface area contributed by atoms with Gasteiger partial charge in [0, 0.05) is 12.4 Å². The number of aromatic nitrogens is 1. The minimum atomic E-state index is 0.704. The lowest BCUT2D eigenvalue weighted by Crippen LogP contribution is -2.13. The molecule has 0 bridgehead atoms. The van der Waals surface area contributed by atoms with Crippen LogP contribution in [0.2, 0.25) is 0 Å². The van der Waals surface area contributed by atoms with Crippen molar-refractivity contribution in [2.75, 3.05) is 11.9 Å². The van der Waals surface area contributed by atoms with Gasteiger partial charge in [-0.15, -0.1) is 0 Å². The van der Waals surface area contributed by atoms with Crippen LogP contribution in [0, 0.1) is 0 Å². The van der Waals surface area contributed by atoms with Crippen LogP contribution in [0.3, 0.4) is 0 Å². The first-order chi connectivity index (χ1) is 4.34. The lowest BCUT2D eigenvalue weighted by atomic mass is 10.6. The molecule has 0 aromatic carbocycles. The van der Waals surface area contributed by atoms with Gasteiger partial charge >= 0.3 is 0 Å². The largest absolute Gasteiger partial charge is 0.302 e. The molecule has 4 heteroatoms. The van der Waals surface area contributed by atoms with Crippen molar-refractivity contribution in [3.63, 3.8) is 0 Å². The van der Waals surface area contributed by atoms with Crippen molar-refractivity contribution in [2.24, 2.45) is 0 Å². The molecule has 1 heterocycles. The Balaban J connectivity index is 2.76. The molecular weight excluding hydrogens is 136 g/mol. The van der Waals surface area contributed by atoms with Crippen LogP contribution in [0.25, 0.3) is 0 Å². The predicted molar refractivity (Wildman–Crippen MR) is 36.6 cm³/mol. The Kier molecular flexibility index (Phi) is 1.79. The third-order valence-electron chi connectivity index (χ3n) is 0.944. The Hall–Kier alpha value is -0.900. The van der Waals surface area contributed by atoms with Crippen LogP contribution in [-0.2, 0) is 4.79 Å². The molecular formula is C5H6N2OS. The van der Waals surface area contributed by atoms with Gasteiger partial charge in [-0.3, -0.25) is 4.79 Å². The zero-order chi connectivity index (χ0) is 6.69. The van der Waals surface area contributed by atoms with Gasteiger partial charge in [-0.2, -0.15) is 4.37 Å². The number of carbonyl (C=O) groups excluding carboxylic acids is 1. The second-order valence-corrected chi connectivity index (χ2v) is 2.24. The maximum atomic E-state index is 10.1. The van der Waals surface area contributed by atoms with E-state index in [4.69, 9.17) is 0 Å². The molecule has 0 aliphatic rings. The molecule has 0 atom stereocenters. The van der Waals surface area contributed by atoms with Gasteiger partial charge in [-0.1, -0.05) is 0 Å². The van der Waals surface area contributed by atoms with Crippen LogP contribution in [0.4, 0.5) is 5.82 Å². The van der Waals surface area contributed by atoms with E-state index in [0.29, 0.717) is 5.82 Å². The van der Waals surface area contributed by atoms with E-state index in [2.05, 4.69) is 4.37 Å². The van der Waals surface area contributed by atoms with E-state index in [1.165, 1.54) is 16.4 Å². The Morgan fingerprint density at radius 2 is 2.67 bits per heavy atom. The van der Waals surface area contributed by atoms with E-state index in [1.807, 2.05) is 5.38 Å². The number of anilines is 1. The van der Waals surface area contributed by atoms with Crippen LogP contribution >= 0.6 is 11.5 Å². The number of hydrogen-bond donors (Lipinski definition) is 0. The summed E-state index contributed by atoms with van der Waals surface area (Å²) in [6.07, 6.45) is 0.731. The van der Waals surface area contributed by atoms with E-state index in [-0.39, 0.29) is 0 Å². The summed E-state index contributed by atoms with van der Waals surface area (Å²) in [7, 11) is 1.67. The van der Waals surface area contributed by atoms with Crippen LogP contribution in [0.1, 0.15) is 0 Å². The summed E-state index contributed by atoms with van der Waals surface area (Å²) in [5.74, 6) is 0.704. The maximum absolute atomic E-state index is 10.1. The van der Waals surface area contributed by atoms with Gasteiger partial charge in [-0.05, 0) is 17.6 Å². The second kappa shape index (κ2) is 2.59. The molecule has 1 rings (SSSR count). The Morgan fingerprint density at radius 3 is 3.11 bits per heavy atom. The molecule has 0 spiro atoms. The summed E-state index contributed by atoms with van der Waals surface area (Å²) in [5, 5.41) is 1.83. The van der Waals surface area contributed by atoms with E-state index in [1.54, 1.807) is 13.1 Å². The lowest BCUT2D eigenvalue weighted by molar-refractivity contribution is -0.107. The molecule has 0 saturated carbocycles. The van der Waals surface area contributed by atoms with Gasteiger partial charge in [0.05, 0.1) is 0 Å². The molecule has 0 fully saturated rings. The van der Waals surface area contributed by atoms with Gasteiger partial charge < -0.3 is 4.90 Å². The highest BCUT2D eigenvalue weighted by atomic mass is 32.1. The normalized spacial score (nSPS) is 9.00. The summed E-state index contributed by atoms with van der Waals surface area (Å²) in [6.45, 7) is 0. The topological polar surface area (TPSA) is 33.2 Å². The predicted octanol–water partition coefficient (Wildman–Crippen LogP) is 0.736. The Bertz CT molecular complexity index is 185. The van der Waals surface area contributed by atoms with Gasteiger partial charge in [-0.25, -0.2) is 0 Å². The highest BCUT2D eigenvalue weighted by Crippen LogP contribution is 2.08. The lowest BCUT2D eigenvalue weighted by Gasteiger charge is -2.02.